The number of fused-ring (bicyclic) bond motifs is 10. The summed E-state index contributed by atoms with van der Waals surface area (Å²) in [6.45, 7) is 19.1. The lowest BCUT2D eigenvalue weighted by Crippen LogP contribution is -2.61. The highest BCUT2D eigenvalue weighted by molar-refractivity contribution is 7.00. The Morgan fingerprint density at radius 2 is 0.635 bits per heavy atom. The van der Waals surface area contributed by atoms with Gasteiger partial charge in [0, 0.05) is 77.9 Å². The maximum absolute atomic E-state index is 9.84. The second-order valence-electron chi connectivity index (χ2n) is 28.7. The second-order valence-corrected chi connectivity index (χ2v) is 28.7. The molecule has 0 fully saturated rings. The molecule has 0 N–H and O–H groups in total. The Morgan fingerprint density at radius 3 is 0.927 bits per heavy atom. The Morgan fingerprint density at radius 1 is 0.333 bits per heavy atom. The van der Waals surface area contributed by atoms with Gasteiger partial charge in [-0.3, -0.25) is 0 Å². The Bertz CT molecular complexity index is 5900. The molecule has 0 atom stereocenters. The topological polar surface area (TPSA) is 16.3 Å². The van der Waals surface area contributed by atoms with Crippen molar-refractivity contribution in [3.63, 3.8) is 0 Å². The lowest BCUT2D eigenvalue weighted by Gasteiger charge is -2.46. The number of anilines is 6. The minimum Gasteiger partial charge on any atom is -0.310 e. The summed E-state index contributed by atoms with van der Waals surface area (Å²) in [5.74, 6) is 0. The fourth-order valence-corrected chi connectivity index (χ4v) is 14.8. The molecule has 0 saturated carbocycles. The first kappa shape index (κ1) is 43.9. The Kier molecular flexibility index (Phi) is 10.2. The van der Waals surface area contributed by atoms with Crippen molar-refractivity contribution < 1.29 is 21.9 Å². The normalized spacial score (nSPS) is 15.4. The maximum atomic E-state index is 9.84. The number of aromatic nitrogens is 2. The smallest absolute Gasteiger partial charge is 0.252 e. The molecule has 0 bridgehead atoms. The third-order valence-electron chi connectivity index (χ3n) is 19.2. The first-order valence-corrected chi connectivity index (χ1v) is 32.8. The molecule has 464 valence electrons. The average molecular weight is 1250 g/mol. The molecule has 2 aliphatic rings. The molecule has 13 aromatic carbocycles. The molecule has 0 saturated heterocycles. The Labute approximate surface area is 587 Å². The second kappa shape index (κ2) is 22.4. The monoisotopic (exact) mass is 1250 g/mol. The van der Waals surface area contributed by atoms with E-state index in [1.54, 1.807) is 9.13 Å². The average Bonchev–Trinajstić information content (AvgIpc) is 0.966. The highest BCUT2D eigenvalue weighted by Gasteiger charge is 2.46. The van der Waals surface area contributed by atoms with Crippen molar-refractivity contribution in [2.24, 2.45) is 5.41 Å². The van der Waals surface area contributed by atoms with Crippen LogP contribution in [-0.2, 0) is 17.3 Å². The van der Waals surface area contributed by atoms with Crippen LogP contribution in [0.1, 0.15) is 101 Å². The number of nitrogens with zero attached hydrogens (tertiary/aromatic N) is 4. The first-order valence-electron chi connectivity index (χ1n) is 40.8. The summed E-state index contributed by atoms with van der Waals surface area (Å²) in [4.78, 5) is 4.70. The molecule has 0 radical (unpaired) electrons. The van der Waals surface area contributed by atoms with E-state index in [4.69, 9.17) is 5.48 Å². The summed E-state index contributed by atoms with van der Waals surface area (Å²) in [6.07, 6.45) is 0.539. The van der Waals surface area contributed by atoms with Crippen molar-refractivity contribution >= 4 is 101 Å². The molecule has 17 rings (SSSR count). The van der Waals surface area contributed by atoms with Crippen molar-refractivity contribution in [2.75, 3.05) is 9.80 Å². The quantitative estimate of drug-likeness (QED) is 0.134. The van der Waals surface area contributed by atoms with E-state index in [2.05, 4.69) is 157 Å². The van der Waals surface area contributed by atoms with Gasteiger partial charge in [-0.2, -0.15) is 0 Å². The van der Waals surface area contributed by atoms with E-state index in [1.165, 1.54) is 0 Å². The molecule has 4 heterocycles. The Balaban J connectivity index is 1.11. The molecule has 2 aliphatic heterocycles. The minimum absolute atomic E-state index is 0.0400. The summed E-state index contributed by atoms with van der Waals surface area (Å²) < 4.78 is 154. The lowest BCUT2D eigenvalue weighted by molar-refractivity contribution is 0.411. The van der Waals surface area contributed by atoms with Crippen LogP contribution >= 0.6 is 0 Å². The number of hydrogen-bond acceptors (Lipinski definition) is 2. The van der Waals surface area contributed by atoms with Crippen molar-refractivity contribution in [2.45, 2.75) is 79.6 Å². The molecule has 0 aliphatic carbocycles. The van der Waals surface area contributed by atoms with Gasteiger partial charge in [-0.1, -0.05) is 268 Å². The van der Waals surface area contributed by atoms with Crippen molar-refractivity contribution in [3.05, 3.63) is 307 Å². The molecule has 0 unspecified atom stereocenters. The SMILES string of the molecule is [2H]c1c([2H])c([2H])c2c(c1[2H])c1c([2H])c([2H])c([2H])c([2H])c1n2-c1ccc2c(c1)N(c1c(-c3ccccc3)cc(C(C)(C)C)cc1-c1ccccc1)c1cc(CC(C)(C)C)cc3c1B2c1ccc(-n2c4c([2H])c([2H])c([2H])c([2H])c4c4c([2H])c([2H])c([2H])c([2H])c42)cc1N3c1c(-c2ccccc2)cc(C(C)(C)C)cc1-c1ccccc1. The molecular formula is C91H77BN4. The van der Waals surface area contributed by atoms with Gasteiger partial charge in [0.15, 0.2) is 0 Å². The summed E-state index contributed by atoms with van der Waals surface area (Å²) in [6, 6.07) is 58.7. The van der Waals surface area contributed by atoms with E-state index in [0.717, 1.165) is 100 Å². The van der Waals surface area contributed by atoms with Crippen LogP contribution in [0, 0.1) is 5.41 Å². The molecule has 4 nitrogen and oxygen atoms in total. The number of para-hydroxylation sites is 4. The van der Waals surface area contributed by atoms with Crippen LogP contribution in [0.25, 0.3) is 99.5 Å². The van der Waals surface area contributed by atoms with Crippen LogP contribution < -0.4 is 26.2 Å². The van der Waals surface area contributed by atoms with E-state index in [0.29, 0.717) is 29.2 Å². The van der Waals surface area contributed by atoms with Crippen LogP contribution in [0.4, 0.5) is 34.1 Å². The molecule has 0 amide bonds. The Hall–Kier alpha value is -10.9. The number of hydrogen-bond donors (Lipinski definition) is 0. The highest BCUT2D eigenvalue weighted by Crippen LogP contribution is 2.55. The first-order chi connectivity index (χ1) is 53.2. The fraction of sp³-hybridized carbons (Fsp3) is 0.143. The van der Waals surface area contributed by atoms with E-state index in [9.17, 15) is 16.4 Å². The van der Waals surface area contributed by atoms with Gasteiger partial charge in [-0.15, -0.1) is 0 Å². The van der Waals surface area contributed by atoms with Crippen LogP contribution in [0.5, 0.6) is 0 Å². The molecule has 2 aromatic heterocycles. The molecule has 0 spiro atoms. The van der Waals surface area contributed by atoms with Gasteiger partial charge in [0.05, 0.1) is 55.4 Å². The van der Waals surface area contributed by atoms with E-state index >= 15 is 0 Å². The zero-order valence-corrected chi connectivity index (χ0v) is 55.0. The lowest BCUT2D eigenvalue weighted by atomic mass is 9.33. The highest BCUT2D eigenvalue weighted by atomic mass is 15.2. The minimum atomic E-state index is -0.738. The maximum Gasteiger partial charge on any atom is 0.252 e. The van der Waals surface area contributed by atoms with Crippen molar-refractivity contribution in [3.8, 4) is 55.9 Å². The van der Waals surface area contributed by atoms with Crippen LogP contribution in [0.15, 0.2) is 291 Å². The number of benzene rings is 13. The van der Waals surface area contributed by atoms with Crippen LogP contribution in [-0.4, -0.2) is 15.8 Å². The molecular weight excluding hydrogens is 1160 g/mol. The van der Waals surface area contributed by atoms with Gasteiger partial charge in [-0.05, 0) is 163 Å². The standard InChI is InChI=1S/C91H77BN4/c1-89(2,3)58-59-50-84-86-85(51-59)96(88-74(62-34-18-12-19-35-62)54-65(91(7,8)9)55-75(88)63-36-20-13-21-37-63)83-57-67(94-80-44-28-24-40-70(80)71-41-25-29-45-81(71)94)47-49-77(83)92(86)76-48-46-66(93-78-42-26-22-38-68(78)69-39-23-27-43-79(69)93)56-82(76)95(84)87-72(60-30-14-10-15-31-60)52-64(90(4,5)6)53-73(87)61-32-16-11-17-33-61/h10-57H,58H2,1-9H3/i22D,23D,24D,25D,26D,27D,28D,29D,38D,39D,40D,41D,42D,43D,44D,45D. The summed E-state index contributed by atoms with van der Waals surface area (Å²) in [5, 5.41) is -0.253. The molecule has 5 heteroatoms. The van der Waals surface area contributed by atoms with Gasteiger partial charge < -0.3 is 18.9 Å². The molecule has 15 aromatic rings. The van der Waals surface area contributed by atoms with Gasteiger partial charge >= 0.3 is 0 Å². The van der Waals surface area contributed by atoms with Crippen molar-refractivity contribution in [1.29, 1.82) is 0 Å². The summed E-state index contributed by atoms with van der Waals surface area (Å²) >= 11 is 0. The van der Waals surface area contributed by atoms with Crippen LogP contribution in [0.3, 0.4) is 0 Å². The zero-order chi connectivity index (χ0) is 79.3. The molecule has 96 heavy (non-hydrogen) atoms. The summed E-state index contributed by atoms with van der Waals surface area (Å²) in [7, 11) is 0. The zero-order valence-electron chi connectivity index (χ0n) is 71.0. The van der Waals surface area contributed by atoms with Crippen LogP contribution in [0.2, 0.25) is 0 Å². The number of rotatable bonds is 9. The van der Waals surface area contributed by atoms with E-state index in [-0.39, 0.29) is 49.0 Å². The van der Waals surface area contributed by atoms with E-state index in [1.807, 2.05) is 109 Å². The third-order valence-corrected chi connectivity index (χ3v) is 19.2. The predicted octanol–water partition coefficient (Wildman–Crippen LogP) is 22.8. The van der Waals surface area contributed by atoms with Gasteiger partial charge in [-0.25, -0.2) is 0 Å². The van der Waals surface area contributed by atoms with E-state index < -0.39 is 114 Å². The van der Waals surface area contributed by atoms with Gasteiger partial charge in [0.1, 0.15) is 0 Å². The predicted molar refractivity (Wildman–Crippen MR) is 411 cm³/mol. The third kappa shape index (κ3) is 9.72. The largest absolute Gasteiger partial charge is 0.310 e. The fourth-order valence-electron chi connectivity index (χ4n) is 14.8. The van der Waals surface area contributed by atoms with Crippen molar-refractivity contribution in [1.82, 2.24) is 9.13 Å². The summed E-state index contributed by atoms with van der Waals surface area (Å²) in [5.41, 5.74) is 16.3. The van der Waals surface area contributed by atoms with Gasteiger partial charge in [0.25, 0.3) is 6.71 Å². The van der Waals surface area contributed by atoms with Gasteiger partial charge in [0.2, 0.25) is 0 Å².